The SMILES string of the molecule is COCCc1noc(-c2nonc2N)n1. The Morgan fingerprint density at radius 3 is 2.87 bits per heavy atom. The molecule has 0 aliphatic carbocycles. The van der Waals surface area contributed by atoms with E-state index < -0.39 is 0 Å². The maximum Gasteiger partial charge on any atom is 0.284 e. The second kappa shape index (κ2) is 4.05. The van der Waals surface area contributed by atoms with Gasteiger partial charge in [0.25, 0.3) is 5.89 Å². The Bertz CT molecular complexity index is 437. The molecule has 0 radical (unpaired) electrons. The van der Waals surface area contributed by atoms with Crippen LogP contribution in [0, 0.1) is 0 Å². The van der Waals surface area contributed by atoms with E-state index in [1.54, 1.807) is 7.11 Å². The van der Waals surface area contributed by atoms with Gasteiger partial charge in [-0.05, 0) is 10.3 Å². The van der Waals surface area contributed by atoms with Crippen molar-refractivity contribution in [1.29, 1.82) is 0 Å². The fraction of sp³-hybridized carbons (Fsp3) is 0.429. The van der Waals surface area contributed by atoms with Crippen LogP contribution >= 0.6 is 0 Å². The topological polar surface area (TPSA) is 113 Å². The Balaban J connectivity index is 2.17. The standard InChI is InChI=1S/C7H9N5O3/c1-13-3-2-4-9-7(14-10-4)5-6(8)12-15-11-5/h2-3H2,1H3,(H2,8,12). The van der Waals surface area contributed by atoms with Crippen LogP contribution in [-0.2, 0) is 11.2 Å². The average molecular weight is 211 g/mol. The third kappa shape index (κ3) is 1.94. The summed E-state index contributed by atoms with van der Waals surface area (Å²) in [4.78, 5) is 4.05. The zero-order valence-corrected chi connectivity index (χ0v) is 8.01. The Labute approximate surface area is 84.4 Å². The van der Waals surface area contributed by atoms with Crippen LogP contribution in [0.3, 0.4) is 0 Å². The number of aromatic nitrogens is 4. The van der Waals surface area contributed by atoms with Gasteiger partial charge in [-0.2, -0.15) is 4.98 Å². The van der Waals surface area contributed by atoms with Crippen LogP contribution in [0.1, 0.15) is 5.82 Å². The molecular formula is C7H9N5O3. The van der Waals surface area contributed by atoms with Gasteiger partial charge in [-0.1, -0.05) is 5.16 Å². The highest BCUT2D eigenvalue weighted by molar-refractivity contribution is 5.60. The number of nitrogens with two attached hydrogens (primary N) is 1. The number of anilines is 1. The molecule has 0 spiro atoms. The zero-order valence-electron chi connectivity index (χ0n) is 8.01. The lowest BCUT2D eigenvalue weighted by atomic mass is 10.4. The molecule has 2 heterocycles. The second-order valence-electron chi connectivity index (χ2n) is 2.76. The highest BCUT2D eigenvalue weighted by atomic mass is 16.6. The average Bonchev–Trinajstić information content (AvgIpc) is 2.83. The molecule has 0 bridgehead atoms. The quantitative estimate of drug-likeness (QED) is 0.745. The summed E-state index contributed by atoms with van der Waals surface area (Å²) in [5.41, 5.74) is 5.72. The first-order chi connectivity index (χ1) is 7.31. The minimum Gasteiger partial charge on any atom is -0.384 e. The Morgan fingerprint density at radius 2 is 2.20 bits per heavy atom. The van der Waals surface area contributed by atoms with Crippen LogP contribution in [0.25, 0.3) is 11.6 Å². The summed E-state index contributed by atoms with van der Waals surface area (Å²) in [7, 11) is 1.60. The van der Waals surface area contributed by atoms with Crippen LogP contribution in [0.2, 0.25) is 0 Å². The molecule has 0 fully saturated rings. The van der Waals surface area contributed by atoms with E-state index >= 15 is 0 Å². The highest BCUT2D eigenvalue weighted by Crippen LogP contribution is 2.19. The number of hydrogen-bond acceptors (Lipinski definition) is 8. The van der Waals surface area contributed by atoms with Gasteiger partial charge in [0.2, 0.25) is 11.5 Å². The lowest BCUT2D eigenvalue weighted by Gasteiger charge is -1.90. The largest absolute Gasteiger partial charge is 0.384 e. The number of methoxy groups -OCH3 is 1. The number of rotatable bonds is 4. The fourth-order valence-corrected chi connectivity index (χ4v) is 0.989. The summed E-state index contributed by atoms with van der Waals surface area (Å²) in [5, 5.41) is 10.7. The van der Waals surface area contributed by atoms with E-state index in [2.05, 4.69) is 25.1 Å². The van der Waals surface area contributed by atoms with Crippen LogP contribution in [0.15, 0.2) is 9.15 Å². The van der Waals surface area contributed by atoms with Crippen LogP contribution < -0.4 is 5.73 Å². The first-order valence-corrected chi connectivity index (χ1v) is 4.21. The summed E-state index contributed by atoms with van der Waals surface area (Å²) < 4.78 is 14.2. The number of hydrogen-bond donors (Lipinski definition) is 1. The van der Waals surface area contributed by atoms with Gasteiger partial charge in [-0.15, -0.1) is 0 Å². The summed E-state index contributed by atoms with van der Waals surface area (Å²) in [6, 6.07) is 0. The van der Waals surface area contributed by atoms with Gasteiger partial charge in [0.1, 0.15) is 0 Å². The minimum absolute atomic E-state index is 0.122. The lowest BCUT2D eigenvalue weighted by molar-refractivity contribution is 0.199. The molecule has 0 unspecified atom stereocenters. The highest BCUT2D eigenvalue weighted by Gasteiger charge is 2.16. The van der Waals surface area contributed by atoms with E-state index in [1.165, 1.54) is 0 Å². The van der Waals surface area contributed by atoms with Crippen molar-refractivity contribution in [3.63, 3.8) is 0 Å². The smallest absolute Gasteiger partial charge is 0.284 e. The van der Waals surface area contributed by atoms with Gasteiger partial charge < -0.3 is 15.0 Å². The monoisotopic (exact) mass is 211 g/mol. The van der Waals surface area contributed by atoms with Crippen molar-refractivity contribution in [2.45, 2.75) is 6.42 Å². The number of nitrogen functional groups attached to an aromatic ring is 1. The van der Waals surface area contributed by atoms with Crippen molar-refractivity contribution < 1.29 is 13.9 Å². The molecule has 80 valence electrons. The Hall–Kier alpha value is -1.96. The van der Waals surface area contributed by atoms with E-state index in [0.29, 0.717) is 18.9 Å². The molecule has 0 amide bonds. The van der Waals surface area contributed by atoms with E-state index in [4.69, 9.17) is 15.0 Å². The van der Waals surface area contributed by atoms with E-state index in [9.17, 15) is 0 Å². The normalized spacial score (nSPS) is 10.7. The molecule has 0 saturated carbocycles. The van der Waals surface area contributed by atoms with Crippen molar-refractivity contribution in [3.8, 4) is 11.6 Å². The van der Waals surface area contributed by atoms with Crippen molar-refractivity contribution in [3.05, 3.63) is 5.82 Å². The summed E-state index contributed by atoms with van der Waals surface area (Å²) in [6.45, 7) is 0.519. The minimum atomic E-state index is 0.122. The molecule has 2 aromatic rings. The maximum absolute atomic E-state index is 5.46. The number of ether oxygens (including phenoxy) is 1. The molecule has 0 saturated heterocycles. The molecule has 0 aliphatic heterocycles. The van der Waals surface area contributed by atoms with Crippen LogP contribution in [0.5, 0.6) is 0 Å². The first-order valence-electron chi connectivity index (χ1n) is 4.21. The van der Waals surface area contributed by atoms with Crippen molar-refractivity contribution >= 4 is 5.82 Å². The van der Waals surface area contributed by atoms with Gasteiger partial charge in [-0.25, -0.2) is 4.63 Å². The van der Waals surface area contributed by atoms with Gasteiger partial charge in [-0.3, -0.25) is 0 Å². The first kappa shape index (κ1) is 9.59. The zero-order chi connectivity index (χ0) is 10.7. The molecule has 2 N–H and O–H groups in total. The number of nitrogens with zero attached hydrogens (tertiary/aromatic N) is 4. The molecule has 2 aromatic heterocycles. The maximum atomic E-state index is 5.46. The summed E-state index contributed by atoms with van der Waals surface area (Å²) in [6.07, 6.45) is 0.561. The molecule has 8 nitrogen and oxygen atoms in total. The lowest BCUT2D eigenvalue weighted by Crippen LogP contribution is -1.96. The van der Waals surface area contributed by atoms with Gasteiger partial charge >= 0.3 is 0 Å². The molecule has 2 rings (SSSR count). The third-order valence-corrected chi connectivity index (χ3v) is 1.71. The molecule has 0 aliphatic rings. The Kier molecular flexibility index (Phi) is 2.59. The predicted octanol–water partition coefficient (Wildman–Crippen LogP) is -0.109. The van der Waals surface area contributed by atoms with Gasteiger partial charge in [0.15, 0.2) is 5.82 Å². The third-order valence-electron chi connectivity index (χ3n) is 1.71. The Morgan fingerprint density at radius 1 is 1.33 bits per heavy atom. The predicted molar refractivity (Wildman–Crippen MR) is 47.6 cm³/mol. The molecule has 8 heteroatoms. The summed E-state index contributed by atoms with van der Waals surface area (Å²) in [5.74, 6) is 0.839. The van der Waals surface area contributed by atoms with Gasteiger partial charge in [0, 0.05) is 13.5 Å². The van der Waals surface area contributed by atoms with E-state index in [-0.39, 0.29) is 17.4 Å². The summed E-state index contributed by atoms with van der Waals surface area (Å²) >= 11 is 0. The van der Waals surface area contributed by atoms with Crippen LogP contribution in [0.4, 0.5) is 5.82 Å². The van der Waals surface area contributed by atoms with E-state index in [1.807, 2.05) is 0 Å². The van der Waals surface area contributed by atoms with Gasteiger partial charge in [0.05, 0.1) is 6.61 Å². The fourth-order valence-electron chi connectivity index (χ4n) is 0.989. The second-order valence-corrected chi connectivity index (χ2v) is 2.76. The molecule has 0 atom stereocenters. The van der Waals surface area contributed by atoms with E-state index in [0.717, 1.165) is 0 Å². The van der Waals surface area contributed by atoms with Crippen LogP contribution in [-0.4, -0.2) is 34.2 Å². The molecular weight excluding hydrogens is 202 g/mol. The van der Waals surface area contributed by atoms with Crippen molar-refractivity contribution in [1.82, 2.24) is 20.5 Å². The molecule has 0 aromatic carbocycles. The van der Waals surface area contributed by atoms with Crippen molar-refractivity contribution in [2.75, 3.05) is 19.5 Å². The molecule has 15 heavy (non-hydrogen) atoms. The van der Waals surface area contributed by atoms with Crippen molar-refractivity contribution in [2.24, 2.45) is 0 Å².